The van der Waals surface area contributed by atoms with Gasteiger partial charge in [-0.15, -0.1) is 0 Å². The van der Waals surface area contributed by atoms with Gasteiger partial charge in [-0.1, -0.05) is 115 Å². The number of hydrogen-bond donors (Lipinski definition) is 0. The molecule has 0 saturated heterocycles. The Labute approximate surface area is 319 Å². The summed E-state index contributed by atoms with van der Waals surface area (Å²) in [7, 11) is 0. The van der Waals surface area contributed by atoms with Gasteiger partial charge in [0.1, 0.15) is 13.1 Å². The minimum absolute atomic E-state index is 1.07. The molecule has 0 N–H and O–H groups in total. The molecule has 4 rings (SSSR count). The molecule has 0 bridgehead atoms. The fraction of sp³-hybridized carbons (Fsp3) is 0.583. The van der Waals surface area contributed by atoms with E-state index >= 15 is 0 Å². The van der Waals surface area contributed by atoms with Gasteiger partial charge < -0.3 is 0 Å². The molecule has 0 fully saturated rings. The van der Waals surface area contributed by atoms with Gasteiger partial charge in [0.25, 0.3) is 0 Å². The number of aromatic nitrogens is 4. The van der Waals surface area contributed by atoms with Crippen LogP contribution in [0.5, 0.6) is 0 Å². The number of nitrogens with zero attached hydrogens (tertiary/aromatic N) is 4. The van der Waals surface area contributed by atoms with Crippen LogP contribution < -0.4 is 9.13 Å². The molecule has 0 atom stereocenters. The lowest BCUT2D eigenvalue weighted by Crippen LogP contribution is -2.31. The second kappa shape index (κ2) is 30.1. The van der Waals surface area contributed by atoms with Crippen LogP contribution in [0.1, 0.15) is 165 Å². The van der Waals surface area contributed by atoms with Crippen molar-refractivity contribution in [1.82, 2.24) is 9.97 Å². The number of aryl methyl sites for hydroxylation is 6. The van der Waals surface area contributed by atoms with Crippen molar-refractivity contribution in [3.8, 4) is 0 Å². The van der Waals surface area contributed by atoms with E-state index in [1.165, 1.54) is 176 Å². The molecule has 4 aromatic heterocycles. The first-order valence-corrected chi connectivity index (χ1v) is 21.5. The fourth-order valence-electron chi connectivity index (χ4n) is 7.08. The third kappa shape index (κ3) is 21.8. The summed E-state index contributed by atoms with van der Waals surface area (Å²) < 4.78 is 4.55. The molecule has 0 aromatic carbocycles. The molecule has 0 aliphatic heterocycles. The van der Waals surface area contributed by atoms with Crippen LogP contribution in [0.2, 0.25) is 0 Å². The molecular formula is C48H74N4+2. The summed E-state index contributed by atoms with van der Waals surface area (Å²) in [6, 6.07) is 17.3. The van der Waals surface area contributed by atoms with E-state index in [0.29, 0.717) is 0 Å². The average Bonchev–Trinajstić information content (AvgIpc) is 3.20. The van der Waals surface area contributed by atoms with Crippen LogP contribution in [0.25, 0.3) is 0 Å². The molecule has 0 amide bonds. The van der Waals surface area contributed by atoms with E-state index in [1.54, 1.807) is 0 Å². The van der Waals surface area contributed by atoms with E-state index in [2.05, 4.69) is 94.1 Å². The van der Waals surface area contributed by atoms with E-state index in [-0.39, 0.29) is 0 Å². The maximum absolute atomic E-state index is 4.17. The van der Waals surface area contributed by atoms with Gasteiger partial charge in [0.2, 0.25) is 0 Å². The molecule has 0 aliphatic carbocycles. The van der Waals surface area contributed by atoms with Crippen LogP contribution in [0, 0.1) is 0 Å². The molecule has 4 nitrogen and oxygen atoms in total. The second-order valence-corrected chi connectivity index (χ2v) is 14.9. The SMILES string of the molecule is CC[n+]1cccc(CCCCCCCCCCCCc2ccc[n+](CC)c2)c1.c1cncc(CCCCCCCCCCCCc2cccnc2)c1. The largest absolute Gasteiger partial charge is 0.264 e. The van der Waals surface area contributed by atoms with Crippen molar-refractivity contribution in [1.29, 1.82) is 0 Å². The molecule has 0 radical (unpaired) electrons. The number of unbranched alkanes of at least 4 members (excludes halogenated alkanes) is 18. The highest BCUT2D eigenvalue weighted by Crippen LogP contribution is 2.15. The summed E-state index contributed by atoms with van der Waals surface area (Å²) in [5.74, 6) is 0. The first kappa shape index (κ1) is 43.0. The highest BCUT2D eigenvalue weighted by Gasteiger charge is 2.02. The Kier molecular flexibility index (Phi) is 24.9. The molecule has 0 spiro atoms. The lowest BCUT2D eigenvalue weighted by molar-refractivity contribution is -0.694. The number of hydrogen-bond acceptors (Lipinski definition) is 2. The van der Waals surface area contributed by atoms with Crippen LogP contribution in [0.15, 0.2) is 98.1 Å². The van der Waals surface area contributed by atoms with Gasteiger partial charge in [-0.3, -0.25) is 9.97 Å². The van der Waals surface area contributed by atoms with E-state index in [9.17, 15) is 0 Å². The van der Waals surface area contributed by atoms with Crippen LogP contribution >= 0.6 is 0 Å². The summed E-state index contributed by atoms with van der Waals surface area (Å²) in [6.45, 7) is 6.54. The van der Waals surface area contributed by atoms with E-state index in [1.807, 2.05) is 36.9 Å². The normalized spacial score (nSPS) is 11.0. The first-order valence-electron chi connectivity index (χ1n) is 21.5. The highest BCUT2D eigenvalue weighted by molar-refractivity contribution is 5.09. The maximum atomic E-state index is 4.17. The Morgan fingerprint density at radius 3 is 0.942 bits per heavy atom. The zero-order chi connectivity index (χ0) is 36.6. The topological polar surface area (TPSA) is 33.5 Å². The zero-order valence-electron chi connectivity index (χ0n) is 33.4. The monoisotopic (exact) mass is 707 g/mol. The Hall–Kier alpha value is -3.40. The van der Waals surface area contributed by atoms with Crippen LogP contribution in [0.4, 0.5) is 0 Å². The van der Waals surface area contributed by atoms with Gasteiger partial charge in [0.05, 0.1) is 0 Å². The molecule has 0 saturated carbocycles. The molecule has 52 heavy (non-hydrogen) atoms. The summed E-state index contributed by atoms with van der Waals surface area (Å²) in [5.41, 5.74) is 5.74. The highest BCUT2D eigenvalue weighted by atomic mass is 14.9. The van der Waals surface area contributed by atoms with Crippen LogP contribution in [-0.2, 0) is 38.8 Å². The van der Waals surface area contributed by atoms with Gasteiger partial charge in [-0.25, -0.2) is 9.13 Å². The molecule has 4 heteroatoms. The van der Waals surface area contributed by atoms with Crippen LogP contribution in [0.3, 0.4) is 0 Å². The minimum atomic E-state index is 1.07. The smallest absolute Gasteiger partial charge is 0.171 e. The average molecular weight is 707 g/mol. The van der Waals surface area contributed by atoms with E-state index in [4.69, 9.17) is 0 Å². The van der Waals surface area contributed by atoms with Crippen molar-refractivity contribution in [2.75, 3.05) is 0 Å². The summed E-state index contributed by atoms with van der Waals surface area (Å²) in [5, 5.41) is 0. The van der Waals surface area contributed by atoms with Gasteiger partial charge in [0, 0.05) is 48.0 Å². The molecule has 0 aliphatic rings. The Morgan fingerprint density at radius 2 is 0.654 bits per heavy atom. The predicted molar refractivity (Wildman–Crippen MR) is 220 cm³/mol. The molecule has 4 heterocycles. The van der Waals surface area contributed by atoms with Crippen molar-refractivity contribution in [2.45, 2.75) is 181 Å². The first-order chi connectivity index (χ1) is 25.8. The third-order valence-electron chi connectivity index (χ3n) is 10.4. The quantitative estimate of drug-likeness (QED) is 0.0435. The zero-order valence-corrected chi connectivity index (χ0v) is 33.4. The Morgan fingerprint density at radius 1 is 0.365 bits per heavy atom. The lowest BCUT2D eigenvalue weighted by atomic mass is 10.0. The Bertz CT molecular complexity index is 1270. The van der Waals surface area contributed by atoms with Gasteiger partial charge >= 0.3 is 0 Å². The van der Waals surface area contributed by atoms with Crippen molar-refractivity contribution in [3.63, 3.8) is 0 Å². The van der Waals surface area contributed by atoms with Gasteiger partial charge in [0.15, 0.2) is 24.8 Å². The van der Waals surface area contributed by atoms with Crippen molar-refractivity contribution in [3.05, 3.63) is 120 Å². The van der Waals surface area contributed by atoms with Crippen LogP contribution in [-0.4, -0.2) is 9.97 Å². The summed E-state index contributed by atoms with van der Waals surface area (Å²) in [6.07, 6.45) is 49.2. The van der Waals surface area contributed by atoms with Gasteiger partial charge in [-0.2, -0.15) is 0 Å². The number of rotatable bonds is 28. The lowest BCUT2D eigenvalue weighted by Gasteiger charge is -2.04. The van der Waals surface area contributed by atoms with E-state index in [0.717, 1.165) is 13.1 Å². The van der Waals surface area contributed by atoms with Gasteiger partial charge in [-0.05, 0) is 101 Å². The molecule has 0 unspecified atom stereocenters. The minimum Gasteiger partial charge on any atom is -0.264 e. The van der Waals surface area contributed by atoms with E-state index < -0.39 is 0 Å². The number of pyridine rings is 4. The Balaban J connectivity index is 0.000000284. The molecule has 284 valence electrons. The fourth-order valence-corrected chi connectivity index (χ4v) is 7.08. The summed E-state index contributed by atoms with van der Waals surface area (Å²) in [4.78, 5) is 8.34. The predicted octanol–water partition coefficient (Wildman–Crippen LogP) is 12.2. The standard InChI is InChI=1S/C26H42N2.C22H32N2/c1-3-27-21-15-19-25(23-27)17-13-11-9-7-5-6-8-10-12-14-18-26-20-16-22-28(4-2)24-26;1(3-5-7-9-13-21-15-11-17-23-19-21)2-4-6-8-10-14-22-16-12-18-24-20-22/h15-16,19-24H,3-14,17-18H2,1-2H3;11-12,15-20H,1-10,13-14H2/q+2;. The van der Waals surface area contributed by atoms with Crippen molar-refractivity contribution >= 4 is 0 Å². The van der Waals surface area contributed by atoms with Crippen molar-refractivity contribution in [2.24, 2.45) is 0 Å². The maximum Gasteiger partial charge on any atom is 0.171 e. The second-order valence-electron chi connectivity index (χ2n) is 14.9. The summed E-state index contributed by atoms with van der Waals surface area (Å²) >= 11 is 0. The molecular weight excluding hydrogens is 633 g/mol. The molecule has 4 aromatic rings. The van der Waals surface area contributed by atoms with Crippen molar-refractivity contribution < 1.29 is 9.13 Å². The third-order valence-corrected chi connectivity index (χ3v) is 10.4.